The van der Waals surface area contributed by atoms with Gasteiger partial charge >= 0.3 is 0 Å². The molecule has 2 rings (SSSR count). The van der Waals surface area contributed by atoms with E-state index in [0.717, 1.165) is 15.6 Å². The first-order valence-corrected chi connectivity index (χ1v) is 7.50. The first kappa shape index (κ1) is 16.3. The Morgan fingerprint density at radius 3 is 2.52 bits per heavy atom. The van der Waals surface area contributed by atoms with Crippen LogP contribution in [0, 0.1) is 19.7 Å². The van der Waals surface area contributed by atoms with E-state index in [1.165, 1.54) is 12.1 Å². The lowest BCUT2D eigenvalue weighted by Crippen LogP contribution is -2.07. The summed E-state index contributed by atoms with van der Waals surface area (Å²) in [5, 5.41) is 10.7. The molecule has 5 heteroatoms. The van der Waals surface area contributed by atoms with Gasteiger partial charge in [-0.1, -0.05) is 33.6 Å². The number of aliphatic hydroxyl groups is 1. The van der Waals surface area contributed by atoms with Crippen LogP contribution in [0.1, 0.15) is 28.4 Å². The second kappa shape index (κ2) is 6.34. The summed E-state index contributed by atoms with van der Waals surface area (Å²) in [5.74, 6) is 0.0371. The third kappa shape index (κ3) is 3.07. The van der Waals surface area contributed by atoms with Crippen molar-refractivity contribution in [2.45, 2.75) is 20.0 Å². The first-order valence-electron chi connectivity index (χ1n) is 6.33. The van der Waals surface area contributed by atoms with Gasteiger partial charge in [0.25, 0.3) is 0 Å². The van der Waals surface area contributed by atoms with E-state index in [2.05, 4.69) is 15.9 Å². The lowest BCUT2D eigenvalue weighted by molar-refractivity contribution is 0.213. The molecule has 0 bridgehead atoms. The Morgan fingerprint density at radius 1 is 1.29 bits per heavy atom. The topological polar surface area (TPSA) is 29.5 Å². The van der Waals surface area contributed by atoms with Crippen molar-refractivity contribution in [3.05, 3.63) is 61.8 Å². The van der Waals surface area contributed by atoms with E-state index in [0.29, 0.717) is 16.9 Å². The second-order valence-electron chi connectivity index (χ2n) is 4.82. The van der Waals surface area contributed by atoms with Gasteiger partial charge in [0.1, 0.15) is 17.7 Å². The van der Waals surface area contributed by atoms with Crippen LogP contribution >= 0.6 is 27.5 Å². The van der Waals surface area contributed by atoms with Crippen molar-refractivity contribution < 1.29 is 14.2 Å². The van der Waals surface area contributed by atoms with Gasteiger partial charge in [0.15, 0.2) is 0 Å². The molecule has 2 aromatic rings. The summed E-state index contributed by atoms with van der Waals surface area (Å²) in [7, 11) is 1.55. The minimum absolute atomic E-state index is 0.0278. The summed E-state index contributed by atoms with van der Waals surface area (Å²) >= 11 is 9.15. The Morgan fingerprint density at radius 2 is 1.95 bits per heavy atom. The molecule has 21 heavy (non-hydrogen) atoms. The first-order chi connectivity index (χ1) is 9.86. The van der Waals surface area contributed by atoms with Gasteiger partial charge in [0.05, 0.1) is 12.1 Å². The van der Waals surface area contributed by atoms with Gasteiger partial charge in [0.2, 0.25) is 0 Å². The van der Waals surface area contributed by atoms with E-state index in [9.17, 15) is 9.50 Å². The van der Waals surface area contributed by atoms with Crippen LogP contribution in [0.5, 0.6) is 5.75 Å². The molecule has 0 aromatic heterocycles. The highest BCUT2D eigenvalue weighted by Crippen LogP contribution is 2.39. The third-order valence-electron chi connectivity index (χ3n) is 3.45. The summed E-state index contributed by atoms with van der Waals surface area (Å²) in [4.78, 5) is 0. The van der Waals surface area contributed by atoms with E-state index in [4.69, 9.17) is 16.3 Å². The summed E-state index contributed by atoms with van der Waals surface area (Å²) in [6.45, 7) is 3.76. The van der Waals surface area contributed by atoms with E-state index in [1.807, 2.05) is 19.9 Å². The lowest BCUT2D eigenvalue weighted by Gasteiger charge is -2.21. The number of hydrogen-bond acceptors (Lipinski definition) is 2. The van der Waals surface area contributed by atoms with Crippen LogP contribution in [0.2, 0.25) is 5.02 Å². The summed E-state index contributed by atoms with van der Waals surface area (Å²) in [6.07, 6.45) is -0.997. The number of rotatable bonds is 3. The predicted molar refractivity (Wildman–Crippen MR) is 85.6 cm³/mol. The molecule has 1 N–H and O–H groups in total. The van der Waals surface area contributed by atoms with E-state index < -0.39 is 11.9 Å². The highest BCUT2D eigenvalue weighted by molar-refractivity contribution is 9.10. The summed E-state index contributed by atoms with van der Waals surface area (Å²) in [5.41, 5.74) is 2.78. The van der Waals surface area contributed by atoms with Gasteiger partial charge in [-0.3, -0.25) is 0 Å². The zero-order chi connectivity index (χ0) is 15.7. The molecule has 0 saturated carbocycles. The minimum atomic E-state index is -0.997. The van der Waals surface area contributed by atoms with E-state index in [1.54, 1.807) is 13.2 Å². The molecule has 1 atom stereocenters. The van der Waals surface area contributed by atoms with E-state index >= 15 is 0 Å². The fourth-order valence-corrected chi connectivity index (χ4v) is 3.00. The van der Waals surface area contributed by atoms with Crippen molar-refractivity contribution in [1.29, 1.82) is 0 Å². The second-order valence-corrected chi connectivity index (χ2v) is 6.08. The predicted octanol–water partition coefficient (Wildman–Crippen LogP) is 4.95. The molecule has 0 spiro atoms. The standard InChI is InChI=1S/C16H15BrClFO2/c1-8-6-11(17)9(2)14(16(8)21-3)15(20)10-4-5-12(18)13(19)7-10/h4-7,15,20H,1-3H3. The number of hydrogen-bond donors (Lipinski definition) is 1. The third-order valence-corrected chi connectivity index (χ3v) is 4.58. The number of benzene rings is 2. The normalized spacial score (nSPS) is 12.3. The van der Waals surface area contributed by atoms with Crippen LogP contribution in [-0.4, -0.2) is 12.2 Å². The molecule has 2 aromatic carbocycles. The Balaban J connectivity index is 2.62. The Kier molecular flexibility index (Phi) is 4.91. The lowest BCUT2D eigenvalue weighted by atomic mass is 9.94. The van der Waals surface area contributed by atoms with Crippen LogP contribution < -0.4 is 4.74 Å². The molecule has 0 heterocycles. The Hall–Kier alpha value is -1.10. The highest BCUT2D eigenvalue weighted by atomic mass is 79.9. The van der Waals surface area contributed by atoms with Gasteiger partial charge in [0, 0.05) is 10.0 Å². The Bertz CT molecular complexity index is 688. The maximum Gasteiger partial charge on any atom is 0.142 e. The van der Waals surface area contributed by atoms with Crippen LogP contribution in [0.4, 0.5) is 4.39 Å². The van der Waals surface area contributed by atoms with Crippen molar-refractivity contribution in [3.8, 4) is 5.75 Å². The molecule has 0 aliphatic heterocycles. The summed E-state index contributed by atoms with van der Waals surface area (Å²) < 4.78 is 19.9. The number of methoxy groups -OCH3 is 1. The molecule has 112 valence electrons. The van der Waals surface area contributed by atoms with Gasteiger partial charge in [-0.25, -0.2) is 4.39 Å². The maximum atomic E-state index is 13.6. The monoisotopic (exact) mass is 372 g/mol. The van der Waals surface area contributed by atoms with Gasteiger partial charge in [-0.05, 0) is 48.7 Å². The van der Waals surface area contributed by atoms with Crippen LogP contribution in [0.25, 0.3) is 0 Å². The van der Waals surface area contributed by atoms with Crippen LogP contribution in [0.3, 0.4) is 0 Å². The number of ether oxygens (including phenoxy) is 1. The maximum absolute atomic E-state index is 13.6. The zero-order valence-corrected chi connectivity index (χ0v) is 14.2. The number of aliphatic hydroxyl groups excluding tert-OH is 1. The zero-order valence-electron chi connectivity index (χ0n) is 11.9. The van der Waals surface area contributed by atoms with E-state index in [-0.39, 0.29) is 5.02 Å². The number of halogens is 3. The van der Waals surface area contributed by atoms with Gasteiger partial charge in [-0.2, -0.15) is 0 Å². The molecule has 0 aliphatic carbocycles. The molecule has 0 saturated heterocycles. The molecular weight excluding hydrogens is 359 g/mol. The van der Waals surface area contributed by atoms with Crippen molar-refractivity contribution in [3.63, 3.8) is 0 Å². The van der Waals surface area contributed by atoms with Crippen molar-refractivity contribution in [2.75, 3.05) is 7.11 Å². The Labute approximate surface area is 136 Å². The molecule has 1 unspecified atom stereocenters. The fourth-order valence-electron chi connectivity index (χ4n) is 2.32. The van der Waals surface area contributed by atoms with Crippen molar-refractivity contribution >= 4 is 27.5 Å². The van der Waals surface area contributed by atoms with Crippen molar-refractivity contribution in [2.24, 2.45) is 0 Å². The average Bonchev–Trinajstić information content (AvgIpc) is 2.44. The van der Waals surface area contributed by atoms with Crippen LogP contribution in [0.15, 0.2) is 28.7 Å². The molecular formula is C16H15BrClFO2. The largest absolute Gasteiger partial charge is 0.496 e. The SMILES string of the molecule is COc1c(C)cc(Br)c(C)c1C(O)c1ccc(Cl)c(F)c1. The average molecular weight is 374 g/mol. The number of aryl methyl sites for hydroxylation is 1. The molecule has 0 amide bonds. The fraction of sp³-hybridized carbons (Fsp3) is 0.250. The smallest absolute Gasteiger partial charge is 0.142 e. The minimum Gasteiger partial charge on any atom is -0.496 e. The quantitative estimate of drug-likeness (QED) is 0.825. The van der Waals surface area contributed by atoms with Crippen LogP contribution in [-0.2, 0) is 0 Å². The van der Waals surface area contributed by atoms with Gasteiger partial charge < -0.3 is 9.84 Å². The molecule has 0 radical (unpaired) electrons. The molecule has 2 nitrogen and oxygen atoms in total. The van der Waals surface area contributed by atoms with Gasteiger partial charge in [-0.15, -0.1) is 0 Å². The molecule has 0 aliphatic rings. The van der Waals surface area contributed by atoms with Crippen molar-refractivity contribution in [1.82, 2.24) is 0 Å². The summed E-state index contributed by atoms with van der Waals surface area (Å²) in [6, 6.07) is 6.20. The highest BCUT2D eigenvalue weighted by Gasteiger charge is 2.22. The molecule has 0 fully saturated rings.